The number of ether oxygens (including phenoxy) is 1. The van der Waals surface area contributed by atoms with Crippen LogP contribution < -0.4 is 0 Å². The average Bonchev–Trinajstić information content (AvgIpc) is 2.57. The second-order valence-corrected chi connectivity index (χ2v) is 5.95. The molecule has 1 aromatic rings. The molecule has 0 radical (unpaired) electrons. The molecule has 1 heterocycles. The van der Waals surface area contributed by atoms with Gasteiger partial charge in [-0.3, -0.25) is 14.5 Å². The summed E-state index contributed by atoms with van der Waals surface area (Å²) in [6.07, 6.45) is -2.14. The van der Waals surface area contributed by atoms with E-state index in [0.29, 0.717) is 0 Å². The van der Waals surface area contributed by atoms with E-state index in [9.17, 15) is 19.5 Å². The summed E-state index contributed by atoms with van der Waals surface area (Å²) in [4.78, 5) is 37.9. The SMILES string of the molecule is C[C@H]1C(=O)N(C[C@@H](O)CC(=O)O)CCN1C(=O)OCc1ccccc1. The Morgan fingerprint density at radius 1 is 1.28 bits per heavy atom. The van der Waals surface area contributed by atoms with Crippen LogP contribution in [-0.4, -0.2) is 69.8 Å². The fraction of sp³-hybridized carbons (Fsp3) is 0.471. The second-order valence-electron chi connectivity index (χ2n) is 5.95. The first-order valence-electron chi connectivity index (χ1n) is 8.04. The molecular formula is C17H22N2O6. The van der Waals surface area contributed by atoms with Gasteiger partial charge >= 0.3 is 12.1 Å². The van der Waals surface area contributed by atoms with Crippen LogP contribution in [0.25, 0.3) is 0 Å². The highest BCUT2D eigenvalue weighted by Crippen LogP contribution is 2.14. The molecule has 0 bridgehead atoms. The molecule has 1 saturated heterocycles. The summed E-state index contributed by atoms with van der Waals surface area (Å²) in [5.74, 6) is -1.47. The highest BCUT2D eigenvalue weighted by atomic mass is 16.6. The zero-order valence-corrected chi connectivity index (χ0v) is 14.0. The highest BCUT2D eigenvalue weighted by molar-refractivity contribution is 5.86. The van der Waals surface area contributed by atoms with E-state index in [2.05, 4.69) is 0 Å². The third kappa shape index (κ3) is 5.18. The quantitative estimate of drug-likeness (QED) is 0.782. The lowest BCUT2D eigenvalue weighted by molar-refractivity contribution is -0.145. The minimum absolute atomic E-state index is 0.0671. The van der Waals surface area contributed by atoms with Gasteiger partial charge in [-0.2, -0.15) is 0 Å². The zero-order valence-electron chi connectivity index (χ0n) is 14.0. The second kappa shape index (κ2) is 8.48. The molecule has 2 amide bonds. The van der Waals surface area contributed by atoms with Crippen molar-refractivity contribution in [3.63, 3.8) is 0 Å². The lowest BCUT2D eigenvalue weighted by atomic mass is 10.1. The van der Waals surface area contributed by atoms with Crippen LogP contribution in [0.3, 0.4) is 0 Å². The number of nitrogens with zero attached hydrogens (tertiary/aromatic N) is 2. The molecule has 0 unspecified atom stereocenters. The molecule has 1 aromatic carbocycles. The molecule has 1 fully saturated rings. The summed E-state index contributed by atoms with van der Waals surface area (Å²) < 4.78 is 5.24. The maximum absolute atomic E-state index is 12.4. The molecule has 136 valence electrons. The van der Waals surface area contributed by atoms with Crippen molar-refractivity contribution in [1.29, 1.82) is 0 Å². The van der Waals surface area contributed by atoms with Crippen LogP contribution in [0.15, 0.2) is 30.3 Å². The third-order valence-electron chi connectivity index (χ3n) is 4.03. The smallest absolute Gasteiger partial charge is 0.410 e. The minimum Gasteiger partial charge on any atom is -0.481 e. The van der Waals surface area contributed by atoms with Crippen LogP contribution >= 0.6 is 0 Å². The van der Waals surface area contributed by atoms with E-state index in [0.717, 1.165) is 5.56 Å². The number of carbonyl (C=O) groups is 3. The van der Waals surface area contributed by atoms with Crippen LogP contribution in [0, 0.1) is 0 Å². The predicted octanol–water partition coefficient (Wildman–Crippen LogP) is 0.691. The van der Waals surface area contributed by atoms with E-state index in [-0.39, 0.29) is 32.1 Å². The first-order chi connectivity index (χ1) is 11.9. The van der Waals surface area contributed by atoms with Crippen molar-refractivity contribution in [1.82, 2.24) is 9.80 Å². The Hall–Kier alpha value is -2.61. The van der Waals surface area contributed by atoms with Crippen LogP contribution in [-0.2, 0) is 20.9 Å². The van der Waals surface area contributed by atoms with Gasteiger partial charge < -0.3 is 19.8 Å². The lowest BCUT2D eigenvalue weighted by Gasteiger charge is -2.39. The summed E-state index contributed by atoms with van der Waals surface area (Å²) in [7, 11) is 0. The number of rotatable bonds is 6. The number of carboxylic acid groups (broad SMARTS) is 1. The Labute approximate surface area is 145 Å². The predicted molar refractivity (Wildman–Crippen MR) is 87.6 cm³/mol. The minimum atomic E-state index is -1.13. The fourth-order valence-corrected chi connectivity index (χ4v) is 2.68. The molecule has 2 atom stereocenters. The number of β-amino-alcohol motifs (C(OH)–C–C–N with tert-alkyl or cyclic N) is 1. The van der Waals surface area contributed by atoms with Crippen LogP contribution in [0.5, 0.6) is 0 Å². The van der Waals surface area contributed by atoms with E-state index in [1.807, 2.05) is 30.3 Å². The Morgan fingerprint density at radius 2 is 1.96 bits per heavy atom. The third-order valence-corrected chi connectivity index (χ3v) is 4.03. The van der Waals surface area contributed by atoms with E-state index >= 15 is 0 Å². The van der Waals surface area contributed by atoms with Gasteiger partial charge in [0.05, 0.1) is 12.5 Å². The van der Waals surface area contributed by atoms with Gasteiger partial charge in [0, 0.05) is 19.6 Å². The average molecular weight is 350 g/mol. The zero-order chi connectivity index (χ0) is 18.4. The summed E-state index contributed by atoms with van der Waals surface area (Å²) in [5, 5.41) is 18.3. The van der Waals surface area contributed by atoms with Crippen molar-refractivity contribution in [3.8, 4) is 0 Å². The Balaban J connectivity index is 1.87. The van der Waals surface area contributed by atoms with Gasteiger partial charge in [-0.25, -0.2) is 4.79 Å². The topological polar surface area (TPSA) is 107 Å². The molecule has 0 saturated carbocycles. The molecule has 1 aliphatic heterocycles. The number of hydrogen-bond acceptors (Lipinski definition) is 5. The van der Waals surface area contributed by atoms with Crippen molar-refractivity contribution >= 4 is 18.0 Å². The highest BCUT2D eigenvalue weighted by Gasteiger charge is 2.36. The van der Waals surface area contributed by atoms with Crippen molar-refractivity contribution in [3.05, 3.63) is 35.9 Å². The molecule has 1 aliphatic rings. The van der Waals surface area contributed by atoms with E-state index in [1.54, 1.807) is 6.92 Å². The standard InChI is InChI=1S/C17H22N2O6/c1-12-16(23)18(10-14(20)9-15(21)22)7-8-19(12)17(24)25-11-13-5-3-2-4-6-13/h2-6,12,14,20H,7-11H2,1H3,(H,21,22)/t12-,14-/m0/s1. The Kier molecular flexibility index (Phi) is 6.35. The normalized spacial score (nSPS) is 18.8. The Bertz CT molecular complexity index is 621. The van der Waals surface area contributed by atoms with Crippen molar-refractivity contribution in [2.75, 3.05) is 19.6 Å². The van der Waals surface area contributed by atoms with Crippen LogP contribution in [0.2, 0.25) is 0 Å². The molecule has 0 aromatic heterocycles. The monoisotopic (exact) mass is 350 g/mol. The number of piperazine rings is 1. The van der Waals surface area contributed by atoms with Gasteiger partial charge in [0.15, 0.2) is 0 Å². The number of carbonyl (C=O) groups excluding carboxylic acids is 2. The lowest BCUT2D eigenvalue weighted by Crippen LogP contribution is -2.58. The Morgan fingerprint density at radius 3 is 2.60 bits per heavy atom. The fourth-order valence-electron chi connectivity index (χ4n) is 2.68. The van der Waals surface area contributed by atoms with Crippen molar-refractivity contribution in [2.45, 2.75) is 32.1 Å². The number of hydrogen-bond donors (Lipinski definition) is 2. The van der Waals surface area contributed by atoms with Gasteiger partial charge in [0.2, 0.25) is 5.91 Å². The maximum atomic E-state index is 12.4. The largest absolute Gasteiger partial charge is 0.481 e. The maximum Gasteiger partial charge on any atom is 0.410 e. The number of aliphatic hydroxyl groups excluding tert-OH is 1. The molecule has 0 aliphatic carbocycles. The van der Waals surface area contributed by atoms with Crippen LogP contribution in [0.4, 0.5) is 4.79 Å². The molecule has 8 nitrogen and oxygen atoms in total. The van der Waals surface area contributed by atoms with Crippen molar-refractivity contribution < 1.29 is 29.3 Å². The molecule has 8 heteroatoms. The van der Waals surface area contributed by atoms with Crippen LogP contribution in [0.1, 0.15) is 18.9 Å². The number of amides is 2. The van der Waals surface area contributed by atoms with Gasteiger partial charge in [-0.1, -0.05) is 30.3 Å². The summed E-state index contributed by atoms with van der Waals surface area (Å²) in [6, 6.07) is 8.50. The number of carboxylic acids is 1. The first-order valence-corrected chi connectivity index (χ1v) is 8.04. The number of benzene rings is 1. The van der Waals surface area contributed by atoms with Gasteiger partial charge in [-0.15, -0.1) is 0 Å². The van der Waals surface area contributed by atoms with E-state index in [4.69, 9.17) is 9.84 Å². The summed E-state index contributed by atoms with van der Waals surface area (Å²) >= 11 is 0. The molecule has 25 heavy (non-hydrogen) atoms. The van der Waals surface area contributed by atoms with E-state index < -0.39 is 30.6 Å². The first kappa shape index (κ1) is 18.7. The van der Waals surface area contributed by atoms with Crippen molar-refractivity contribution in [2.24, 2.45) is 0 Å². The molecule has 0 spiro atoms. The van der Waals surface area contributed by atoms with Gasteiger partial charge in [0.1, 0.15) is 12.6 Å². The molecule has 2 N–H and O–H groups in total. The van der Waals surface area contributed by atoms with Gasteiger partial charge in [-0.05, 0) is 12.5 Å². The molecular weight excluding hydrogens is 328 g/mol. The number of aliphatic hydroxyl groups is 1. The van der Waals surface area contributed by atoms with Gasteiger partial charge in [0.25, 0.3) is 0 Å². The molecule has 2 rings (SSSR count). The summed E-state index contributed by atoms with van der Waals surface area (Å²) in [6.45, 7) is 2.13. The van der Waals surface area contributed by atoms with E-state index in [1.165, 1.54) is 9.80 Å². The number of aliphatic carboxylic acids is 1. The summed E-state index contributed by atoms with van der Waals surface area (Å²) in [5.41, 5.74) is 0.852.